The maximum atomic E-state index is 9.87. The fraction of sp³-hybridized carbons (Fsp3) is 0. The van der Waals surface area contributed by atoms with Crippen molar-refractivity contribution in [2.45, 2.75) is 0 Å². The van der Waals surface area contributed by atoms with E-state index in [0.29, 0.717) is 0 Å². The first-order valence-corrected chi connectivity index (χ1v) is 7.82. The van der Waals surface area contributed by atoms with E-state index in [9.17, 15) is 50.4 Å². The molecule has 12 N–H and O–H groups in total. The summed E-state index contributed by atoms with van der Waals surface area (Å²) in [5.74, 6) is -0.167. The Hall–Kier alpha value is -1.44. The Kier molecular flexibility index (Phi) is 7.36. The van der Waals surface area contributed by atoms with Crippen LogP contribution in [0.2, 0.25) is 0 Å². The summed E-state index contributed by atoms with van der Waals surface area (Å²) in [6.07, 6.45) is 0. The van der Waals surface area contributed by atoms with Gasteiger partial charge in [-0.1, -0.05) is 0 Å². The standard InChI is InChI=1S/2CH5N3.2F6P/c2*2-1(3)4;2*1-7(2,3,4,5)6/h2*(H5,2,3,4);;/q;;2*-1/p+2. The third kappa shape index (κ3) is 2760. The zero-order valence-corrected chi connectivity index (χ0v) is 11.7. The van der Waals surface area contributed by atoms with Gasteiger partial charge in [-0.15, -0.1) is 0 Å². The zero-order valence-electron chi connectivity index (χ0n) is 9.89. The molecule has 0 rings (SSSR count). The van der Waals surface area contributed by atoms with Crippen molar-refractivity contribution in [3.63, 3.8) is 0 Å². The number of guanidine groups is 2. The van der Waals surface area contributed by atoms with E-state index in [0.717, 1.165) is 0 Å². The molecule has 0 aromatic carbocycles. The van der Waals surface area contributed by atoms with Gasteiger partial charge in [0.25, 0.3) is 0 Å². The molecule has 0 amide bonds. The molecule has 0 aliphatic carbocycles. The summed E-state index contributed by atoms with van der Waals surface area (Å²) in [7, 11) is -21.3. The minimum atomic E-state index is -10.7. The van der Waals surface area contributed by atoms with Crippen molar-refractivity contribution >= 4 is 27.5 Å². The minimum Gasteiger partial charge on any atom is -0.291 e. The third-order valence-electron chi connectivity index (χ3n) is 0. The predicted molar refractivity (Wildman–Crippen MR) is 57.8 cm³/mol. The van der Waals surface area contributed by atoms with Crippen molar-refractivity contribution in [2.24, 2.45) is 22.9 Å². The molecule has 0 aliphatic rings. The van der Waals surface area contributed by atoms with E-state index in [1.807, 2.05) is 0 Å². The summed E-state index contributed by atoms with van der Waals surface area (Å²) in [6.45, 7) is 0. The Labute approximate surface area is 113 Å². The maximum absolute atomic E-state index is 10.7. The second kappa shape index (κ2) is 5.64. The smallest absolute Gasteiger partial charge is 0.291 e. The number of halogens is 12. The summed E-state index contributed by atoms with van der Waals surface area (Å²) in [4.78, 5) is 0. The average molecular weight is 410 g/mol. The van der Waals surface area contributed by atoms with E-state index in [1.54, 1.807) is 0 Å². The van der Waals surface area contributed by atoms with Gasteiger partial charge in [0.05, 0.1) is 0 Å². The average Bonchev–Trinajstić information content (AvgIpc) is 1.60. The van der Waals surface area contributed by atoms with Crippen LogP contribution in [0.3, 0.4) is 0 Å². The van der Waals surface area contributed by atoms with Gasteiger partial charge in [-0.3, -0.25) is 33.8 Å². The zero-order chi connectivity index (χ0) is 20.0. The van der Waals surface area contributed by atoms with Gasteiger partial charge in [-0.2, -0.15) is 0 Å². The van der Waals surface area contributed by atoms with Crippen LogP contribution < -0.4 is 33.8 Å². The summed E-state index contributed by atoms with van der Waals surface area (Å²) in [5, 5.41) is 9.17. The number of rotatable bonds is 0. The van der Waals surface area contributed by atoms with E-state index in [-0.39, 0.29) is 11.9 Å². The summed E-state index contributed by atoms with van der Waals surface area (Å²) < 4.78 is 118. The molecule has 0 aromatic heterocycles. The molecule has 22 heavy (non-hydrogen) atoms. The van der Waals surface area contributed by atoms with Gasteiger partial charge in [-0.05, 0) is 0 Å². The van der Waals surface area contributed by atoms with Gasteiger partial charge in [0.1, 0.15) is 0 Å². The molecule has 0 aliphatic heterocycles. The second-order valence-electron chi connectivity index (χ2n) is 2.92. The van der Waals surface area contributed by atoms with E-state index in [2.05, 4.69) is 33.8 Å². The molecule has 0 unspecified atom stereocenters. The fourth-order valence-electron chi connectivity index (χ4n) is 0. The molecule has 0 spiro atoms. The molecule has 6 nitrogen and oxygen atoms in total. The molecular weight excluding hydrogens is 398 g/mol. The van der Waals surface area contributed by atoms with Crippen molar-refractivity contribution in [2.75, 3.05) is 0 Å². The van der Waals surface area contributed by atoms with Crippen LogP contribution in [0.25, 0.3) is 0 Å². The minimum absolute atomic E-state index is 0.0833. The van der Waals surface area contributed by atoms with Crippen molar-refractivity contribution in [3.05, 3.63) is 0 Å². The predicted octanol–water partition coefficient (Wildman–Crippen LogP) is 0.803. The largest absolute Gasteiger partial charge is 0.336 e. The topological polar surface area (TPSA) is 155 Å². The summed E-state index contributed by atoms with van der Waals surface area (Å²) in [5.41, 5.74) is 18.3. The monoisotopic (exact) mass is 410 g/mol. The number of hydrogen-bond donors (Lipinski definition) is 6. The van der Waals surface area contributed by atoms with E-state index in [1.165, 1.54) is 0 Å². The second-order valence-corrected chi connectivity index (χ2v) is 6.75. The van der Waals surface area contributed by atoms with E-state index < -0.39 is 15.6 Å². The summed E-state index contributed by atoms with van der Waals surface area (Å²) >= 11 is 0. The molecule has 0 heterocycles. The molecule has 144 valence electrons. The van der Waals surface area contributed by atoms with Crippen LogP contribution in [0.5, 0.6) is 0 Å². The molecule has 0 saturated carbocycles. The SMILES string of the molecule is F[P-](F)(F)(F)(F)F.F[P-](F)(F)(F)(F)F.NC(N)=[NH2+].NC(N)=[NH2+]. The Morgan fingerprint density at radius 2 is 0.455 bits per heavy atom. The molecule has 0 atom stereocenters. The van der Waals surface area contributed by atoms with Crippen molar-refractivity contribution in [1.29, 1.82) is 0 Å². The van der Waals surface area contributed by atoms with Gasteiger partial charge >= 0.3 is 77.9 Å². The number of nitrogens with two attached hydrogens (primary N) is 6. The molecule has 0 radical (unpaired) electrons. The Balaban J connectivity index is -0.000000102. The van der Waals surface area contributed by atoms with Crippen molar-refractivity contribution in [1.82, 2.24) is 0 Å². The van der Waals surface area contributed by atoms with Crippen LogP contribution in [-0.4, -0.2) is 11.9 Å². The van der Waals surface area contributed by atoms with Gasteiger partial charge in [0.2, 0.25) is 0 Å². The normalized spacial score (nSPS) is 16.9. The molecular formula is C2H12F12N6P2. The van der Waals surface area contributed by atoms with Gasteiger partial charge in [0, 0.05) is 0 Å². The van der Waals surface area contributed by atoms with Crippen molar-refractivity contribution in [3.8, 4) is 0 Å². The van der Waals surface area contributed by atoms with Crippen LogP contribution in [0, 0.1) is 0 Å². The maximum Gasteiger partial charge on any atom is 0.336 e. The Morgan fingerprint density at radius 3 is 0.455 bits per heavy atom. The fourth-order valence-corrected chi connectivity index (χ4v) is 0. The Bertz CT molecular complexity index is 313. The molecule has 0 fully saturated rings. The van der Waals surface area contributed by atoms with Crippen LogP contribution in [0.15, 0.2) is 0 Å². The molecule has 0 bridgehead atoms. The van der Waals surface area contributed by atoms with Gasteiger partial charge in [0.15, 0.2) is 0 Å². The number of hydrogen-bond acceptors (Lipinski definition) is 0. The first-order valence-electron chi connectivity index (χ1n) is 3.76. The molecule has 20 heteroatoms. The van der Waals surface area contributed by atoms with Crippen LogP contribution >= 0.6 is 15.6 Å². The summed E-state index contributed by atoms with van der Waals surface area (Å²) in [6, 6.07) is 0. The first kappa shape index (κ1) is 28.7. The Morgan fingerprint density at radius 1 is 0.455 bits per heavy atom. The van der Waals surface area contributed by atoms with Crippen molar-refractivity contribution < 1.29 is 61.2 Å². The molecule has 0 saturated heterocycles. The van der Waals surface area contributed by atoms with E-state index >= 15 is 0 Å². The van der Waals surface area contributed by atoms with Gasteiger partial charge < -0.3 is 0 Å². The first-order chi connectivity index (χ1) is 8.36. The third-order valence-corrected chi connectivity index (χ3v) is 0. The van der Waals surface area contributed by atoms with Crippen LogP contribution in [0.1, 0.15) is 0 Å². The van der Waals surface area contributed by atoms with Crippen LogP contribution in [-0.2, 0) is 0 Å². The molecule has 0 aromatic rings. The van der Waals surface area contributed by atoms with Gasteiger partial charge in [-0.25, -0.2) is 0 Å². The quantitative estimate of drug-likeness (QED) is 0.151. The van der Waals surface area contributed by atoms with E-state index in [4.69, 9.17) is 0 Å². The van der Waals surface area contributed by atoms with Crippen LogP contribution in [0.4, 0.5) is 50.4 Å².